The Morgan fingerprint density at radius 2 is 1.86 bits per heavy atom. The number of aryl methyl sites for hydroxylation is 1. The van der Waals surface area contributed by atoms with E-state index in [1.807, 2.05) is 6.07 Å². The largest absolute Gasteiger partial charge is 0.444 e. The molecule has 2 aromatic carbocycles. The Hall–Kier alpha value is -4.01. The standard InChI is InChI=1S/C26H27ClN4O4/c1-6-18-11-7-8-12-19(18)23(24(33)30-22-17(2)10-9-13-20(22)27)31(15-14-28)21(32)16-29-25(34)35-26(3,4)5/h1,7-13,23H,15-16H2,2-5H3,(H,29,34)(H,30,33). The van der Waals surface area contributed by atoms with Crippen LogP contribution in [0.3, 0.4) is 0 Å². The first-order chi connectivity index (χ1) is 16.5. The second kappa shape index (κ2) is 11.9. The molecule has 1 atom stereocenters. The zero-order valence-electron chi connectivity index (χ0n) is 20.0. The van der Waals surface area contributed by atoms with Crippen LogP contribution >= 0.6 is 11.6 Å². The molecular weight excluding hydrogens is 468 g/mol. The molecule has 0 aliphatic rings. The quantitative estimate of drug-likeness (QED) is 0.443. The molecule has 0 heterocycles. The minimum Gasteiger partial charge on any atom is -0.444 e. The fourth-order valence-electron chi connectivity index (χ4n) is 3.26. The number of alkyl carbamates (subject to hydrolysis) is 1. The number of anilines is 1. The van der Waals surface area contributed by atoms with Crippen LogP contribution in [-0.4, -0.2) is 41.5 Å². The maximum Gasteiger partial charge on any atom is 0.408 e. The van der Waals surface area contributed by atoms with E-state index in [1.54, 1.807) is 70.2 Å². The first-order valence-corrected chi connectivity index (χ1v) is 11.1. The lowest BCUT2D eigenvalue weighted by atomic mass is 9.98. The van der Waals surface area contributed by atoms with Crippen LogP contribution < -0.4 is 10.6 Å². The second-order valence-electron chi connectivity index (χ2n) is 8.59. The summed E-state index contributed by atoms with van der Waals surface area (Å²) in [6.45, 7) is 5.89. The number of terminal acetylenes is 1. The lowest BCUT2D eigenvalue weighted by Gasteiger charge is -2.30. The highest BCUT2D eigenvalue weighted by Gasteiger charge is 2.33. The van der Waals surface area contributed by atoms with E-state index in [4.69, 9.17) is 22.8 Å². The number of halogens is 1. The first kappa shape index (κ1) is 27.2. The van der Waals surface area contributed by atoms with E-state index in [1.165, 1.54) is 0 Å². The minimum absolute atomic E-state index is 0.312. The van der Waals surface area contributed by atoms with E-state index in [0.29, 0.717) is 27.4 Å². The van der Waals surface area contributed by atoms with Crippen LogP contribution in [0.2, 0.25) is 5.02 Å². The monoisotopic (exact) mass is 494 g/mol. The zero-order valence-corrected chi connectivity index (χ0v) is 20.8. The molecule has 0 fully saturated rings. The molecule has 0 aliphatic carbocycles. The van der Waals surface area contributed by atoms with Gasteiger partial charge in [-0.05, 0) is 51.0 Å². The van der Waals surface area contributed by atoms with Gasteiger partial charge in [-0.1, -0.05) is 47.9 Å². The number of hydrogen-bond donors (Lipinski definition) is 2. The van der Waals surface area contributed by atoms with Gasteiger partial charge in [-0.25, -0.2) is 4.79 Å². The van der Waals surface area contributed by atoms with E-state index in [-0.39, 0.29) is 0 Å². The van der Waals surface area contributed by atoms with E-state index in [2.05, 4.69) is 16.6 Å². The van der Waals surface area contributed by atoms with Gasteiger partial charge in [-0.15, -0.1) is 6.42 Å². The molecule has 0 spiro atoms. The number of para-hydroxylation sites is 1. The lowest BCUT2D eigenvalue weighted by Crippen LogP contribution is -2.47. The van der Waals surface area contributed by atoms with Gasteiger partial charge in [0, 0.05) is 5.56 Å². The molecule has 9 heteroatoms. The number of carbonyl (C=O) groups is 3. The number of nitrogens with zero attached hydrogens (tertiary/aromatic N) is 2. The fourth-order valence-corrected chi connectivity index (χ4v) is 3.53. The average Bonchev–Trinajstić information content (AvgIpc) is 2.79. The third kappa shape index (κ3) is 7.49. The normalized spacial score (nSPS) is 11.4. The highest BCUT2D eigenvalue weighted by molar-refractivity contribution is 6.34. The summed E-state index contributed by atoms with van der Waals surface area (Å²) in [6, 6.07) is 12.4. The van der Waals surface area contributed by atoms with Crippen molar-refractivity contribution in [2.24, 2.45) is 0 Å². The molecule has 1 unspecified atom stereocenters. The van der Waals surface area contributed by atoms with Crippen molar-refractivity contribution in [2.45, 2.75) is 39.3 Å². The average molecular weight is 495 g/mol. The Balaban J connectivity index is 2.45. The van der Waals surface area contributed by atoms with Gasteiger partial charge < -0.3 is 20.3 Å². The Kier molecular flexibility index (Phi) is 9.27. The summed E-state index contributed by atoms with van der Waals surface area (Å²) in [5.41, 5.74) is 1.04. The number of hydrogen-bond acceptors (Lipinski definition) is 5. The number of carbonyl (C=O) groups excluding carboxylic acids is 3. The molecule has 0 bridgehead atoms. The van der Waals surface area contributed by atoms with Gasteiger partial charge in [0.1, 0.15) is 24.7 Å². The molecular formula is C26H27ClN4O4. The molecule has 2 N–H and O–H groups in total. The van der Waals surface area contributed by atoms with Crippen molar-refractivity contribution < 1.29 is 19.1 Å². The molecule has 8 nitrogen and oxygen atoms in total. The van der Waals surface area contributed by atoms with Gasteiger partial charge in [0.15, 0.2) is 0 Å². The van der Waals surface area contributed by atoms with Gasteiger partial charge in [0.2, 0.25) is 5.91 Å². The van der Waals surface area contributed by atoms with Crippen LogP contribution in [0.5, 0.6) is 0 Å². The number of benzene rings is 2. The van der Waals surface area contributed by atoms with Crippen LogP contribution in [0.1, 0.15) is 43.5 Å². The van der Waals surface area contributed by atoms with Gasteiger partial charge >= 0.3 is 6.09 Å². The highest BCUT2D eigenvalue weighted by atomic mass is 35.5. The molecule has 3 amide bonds. The minimum atomic E-state index is -1.27. The van der Waals surface area contributed by atoms with Crippen LogP contribution in [0.15, 0.2) is 42.5 Å². The number of ether oxygens (including phenoxy) is 1. The van der Waals surface area contributed by atoms with E-state index >= 15 is 0 Å². The maximum absolute atomic E-state index is 13.6. The van der Waals surface area contributed by atoms with Crippen molar-refractivity contribution >= 4 is 35.2 Å². The van der Waals surface area contributed by atoms with E-state index in [0.717, 1.165) is 4.90 Å². The summed E-state index contributed by atoms with van der Waals surface area (Å²) in [4.78, 5) is 39.8. The topological polar surface area (TPSA) is 112 Å². The number of amides is 3. The molecule has 35 heavy (non-hydrogen) atoms. The molecule has 0 aliphatic heterocycles. The molecule has 0 saturated heterocycles. The predicted octanol–water partition coefficient (Wildman–Crippen LogP) is 4.19. The third-order valence-electron chi connectivity index (χ3n) is 4.79. The Morgan fingerprint density at radius 3 is 2.46 bits per heavy atom. The van der Waals surface area contributed by atoms with Crippen LogP contribution in [0.4, 0.5) is 10.5 Å². The number of rotatable bonds is 7. The van der Waals surface area contributed by atoms with Gasteiger partial charge in [0.25, 0.3) is 5.91 Å². The van der Waals surface area contributed by atoms with Crippen molar-refractivity contribution in [3.05, 3.63) is 64.2 Å². The van der Waals surface area contributed by atoms with Gasteiger partial charge in [-0.3, -0.25) is 9.59 Å². The molecule has 2 aromatic rings. The van der Waals surface area contributed by atoms with Crippen molar-refractivity contribution in [2.75, 3.05) is 18.4 Å². The van der Waals surface area contributed by atoms with Crippen LogP contribution in [-0.2, 0) is 14.3 Å². The zero-order chi connectivity index (χ0) is 26.2. The molecule has 0 radical (unpaired) electrons. The summed E-state index contributed by atoms with van der Waals surface area (Å²) < 4.78 is 5.16. The Bertz CT molecular complexity index is 1170. The van der Waals surface area contributed by atoms with Gasteiger partial charge in [0.05, 0.1) is 16.8 Å². The van der Waals surface area contributed by atoms with Gasteiger partial charge in [-0.2, -0.15) is 5.26 Å². The fraction of sp³-hybridized carbons (Fsp3) is 0.308. The SMILES string of the molecule is C#Cc1ccccc1C(C(=O)Nc1c(C)cccc1Cl)N(CC#N)C(=O)CNC(=O)OC(C)(C)C. The molecule has 2 rings (SSSR count). The van der Waals surface area contributed by atoms with Crippen molar-refractivity contribution in [1.82, 2.24) is 10.2 Å². The first-order valence-electron chi connectivity index (χ1n) is 10.7. The van der Waals surface area contributed by atoms with E-state index < -0.39 is 42.6 Å². The van der Waals surface area contributed by atoms with Crippen molar-refractivity contribution in [3.8, 4) is 18.4 Å². The summed E-state index contributed by atoms with van der Waals surface area (Å²) >= 11 is 6.28. The Morgan fingerprint density at radius 1 is 1.17 bits per heavy atom. The summed E-state index contributed by atoms with van der Waals surface area (Å²) in [5, 5.41) is 14.9. The maximum atomic E-state index is 13.6. The highest BCUT2D eigenvalue weighted by Crippen LogP contribution is 2.30. The summed E-state index contributed by atoms with van der Waals surface area (Å²) in [5.74, 6) is 1.21. The van der Waals surface area contributed by atoms with Crippen molar-refractivity contribution in [3.63, 3.8) is 0 Å². The van der Waals surface area contributed by atoms with Crippen LogP contribution in [0.25, 0.3) is 0 Å². The Labute approximate surface area is 210 Å². The second-order valence-corrected chi connectivity index (χ2v) is 9.00. The van der Waals surface area contributed by atoms with Crippen molar-refractivity contribution in [1.29, 1.82) is 5.26 Å². The lowest BCUT2D eigenvalue weighted by molar-refractivity contribution is -0.137. The number of nitrogens with one attached hydrogen (secondary N) is 2. The molecule has 0 aromatic heterocycles. The van der Waals surface area contributed by atoms with Crippen LogP contribution in [0, 0.1) is 30.6 Å². The predicted molar refractivity (Wildman–Crippen MR) is 133 cm³/mol. The summed E-state index contributed by atoms with van der Waals surface area (Å²) in [7, 11) is 0. The smallest absolute Gasteiger partial charge is 0.408 e. The molecule has 0 saturated carbocycles. The molecule has 182 valence electrons. The van der Waals surface area contributed by atoms with E-state index in [9.17, 15) is 19.6 Å². The number of nitriles is 1. The third-order valence-corrected chi connectivity index (χ3v) is 5.10. The summed E-state index contributed by atoms with van der Waals surface area (Å²) in [6.07, 6.45) is 4.85.